The maximum atomic E-state index is 11.6. The molecule has 0 aromatic rings. The van der Waals surface area contributed by atoms with Crippen LogP contribution >= 0.6 is 0 Å². The van der Waals surface area contributed by atoms with Crippen molar-refractivity contribution >= 4 is 9.84 Å². The molecule has 0 saturated carbocycles. The summed E-state index contributed by atoms with van der Waals surface area (Å²) in [6.45, 7) is 9.97. The van der Waals surface area contributed by atoms with Crippen LogP contribution in [0.2, 0.25) is 0 Å². The number of hydrogen-bond acceptors (Lipinski definition) is 4. The van der Waals surface area contributed by atoms with E-state index in [1.165, 1.54) is 32.1 Å². The second-order valence-electron chi connectivity index (χ2n) is 7.09. The predicted molar refractivity (Wildman–Crippen MR) is 83.7 cm³/mol. The number of fused-ring (bicyclic) bond motifs is 1. The monoisotopic (exact) mass is 302 g/mol. The Morgan fingerprint density at radius 2 is 1.85 bits per heavy atom. The second-order valence-corrected chi connectivity index (χ2v) is 9.28. The summed E-state index contributed by atoms with van der Waals surface area (Å²) < 4.78 is 23.2. The summed E-state index contributed by atoms with van der Waals surface area (Å²) in [7, 11) is -2.91. The number of piperazine rings is 1. The summed E-state index contributed by atoms with van der Waals surface area (Å²) in [6, 6.07) is 1.25. The first kappa shape index (κ1) is 16.2. The van der Waals surface area contributed by atoms with Crippen LogP contribution in [0, 0.1) is 5.92 Å². The van der Waals surface area contributed by atoms with Gasteiger partial charge in [0.25, 0.3) is 0 Å². The van der Waals surface area contributed by atoms with E-state index < -0.39 is 9.84 Å². The fraction of sp³-hybridized carbons (Fsp3) is 1.00. The molecular weight excluding hydrogens is 272 g/mol. The van der Waals surface area contributed by atoms with E-state index in [1.807, 2.05) is 0 Å². The zero-order valence-electron chi connectivity index (χ0n) is 13.4. The topological polar surface area (TPSA) is 40.6 Å². The molecule has 0 amide bonds. The average Bonchev–Trinajstić information content (AvgIpc) is 2.35. The SMILES string of the molecule is CC(C)C1CN2CCCCC2CN1C(C)CS(C)(=O)=O. The van der Waals surface area contributed by atoms with Gasteiger partial charge in [0.15, 0.2) is 0 Å². The molecule has 2 aliphatic rings. The third-order valence-corrected chi connectivity index (χ3v) is 5.99. The van der Waals surface area contributed by atoms with E-state index >= 15 is 0 Å². The minimum Gasteiger partial charge on any atom is -0.298 e. The van der Waals surface area contributed by atoms with E-state index in [-0.39, 0.29) is 11.8 Å². The van der Waals surface area contributed by atoms with Crippen LogP contribution in [0.25, 0.3) is 0 Å². The Labute approximate surface area is 124 Å². The van der Waals surface area contributed by atoms with Crippen LogP contribution in [0.5, 0.6) is 0 Å². The van der Waals surface area contributed by atoms with Crippen molar-refractivity contribution in [1.29, 1.82) is 0 Å². The third kappa shape index (κ3) is 3.95. The van der Waals surface area contributed by atoms with Crippen molar-refractivity contribution in [2.24, 2.45) is 5.92 Å². The first-order valence-electron chi connectivity index (χ1n) is 7.95. The highest BCUT2D eigenvalue weighted by molar-refractivity contribution is 7.90. The molecule has 2 aliphatic heterocycles. The number of rotatable bonds is 4. The molecule has 2 heterocycles. The molecule has 2 fully saturated rings. The summed E-state index contributed by atoms with van der Waals surface area (Å²) in [6.07, 6.45) is 5.26. The van der Waals surface area contributed by atoms with Crippen LogP contribution < -0.4 is 0 Å². The molecule has 3 unspecified atom stereocenters. The Morgan fingerprint density at radius 3 is 2.45 bits per heavy atom. The molecule has 5 heteroatoms. The van der Waals surface area contributed by atoms with Gasteiger partial charge in [0.1, 0.15) is 9.84 Å². The van der Waals surface area contributed by atoms with Gasteiger partial charge in [-0.1, -0.05) is 20.3 Å². The van der Waals surface area contributed by atoms with E-state index in [2.05, 4.69) is 30.6 Å². The molecule has 0 radical (unpaired) electrons. The highest BCUT2D eigenvalue weighted by Gasteiger charge is 2.38. The molecule has 2 rings (SSSR count). The zero-order chi connectivity index (χ0) is 14.9. The predicted octanol–water partition coefficient (Wildman–Crippen LogP) is 1.61. The number of sulfone groups is 1. The van der Waals surface area contributed by atoms with Gasteiger partial charge in [-0.3, -0.25) is 9.80 Å². The van der Waals surface area contributed by atoms with Gasteiger partial charge in [0, 0.05) is 37.5 Å². The summed E-state index contributed by atoms with van der Waals surface area (Å²) in [4.78, 5) is 5.11. The lowest BCUT2D eigenvalue weighted by Crippen LogP contribution is -2.63. The van der Waals surface area contributed by atoms with Crippen molar-refractivity contribution in [1.82, 2.24) is 9.80 Å². The van der Waals surface area contributed by atoms with Gasteiger partial charge in [0.2, 0.25) is 0 Å². The summed E-state index contributed by atoms with van der Waals surface area (Å²) in [5, 5.41) is 0. The molecule has 3 atom stereocenters. The summed E-state index contributed by atoms with van der Waals surface area (Å²) >= 11 is 0. The van der Waals surface area contributed by atoms with Crippen molar-refractivity contribution < 1.29 is 8.42 Å². The molecule has 118 valence electrons. The van der Waals surface area contributed by atoms with Gasteiger partial charge in [-0.05, 0) is 32.2 Å². The number of piperidine rings is 1. The molecule has 0 aliphatic carbocycles. The Morgan fingerprint density at radius 1 is 1.15 bits per heavy atom. The molecule has 0 bridgehead atoms. The van der Waals surface area contributed by atoms with Crippen LogP contribution in [-0.4, -0.2) is 68.0 Å². The van der Waals surface area contributed by atoms with Crippen LogP contribution in [0.1, 0.15) is 40.0 Å². The minimum absolute atomic E-state index is 0.126. The maximum absolute atomic E-state index is 11.6. The van der Waals surface area contributed by atoms with Gasteiger partial charge in [-0.25, -0.2) is 8.42 Å². The standard InChI is InChI=1S/C15H30N2O2S/c1-12(2)15-10-16-8-6-5-7-14(16)9-17(15)13(3)11-20(4,18)19/h12-15H,5-11H2,1-4H3. The Balaban J connectivity index is 2.11. The first-order valence-corrected chi connectivity index (χ1v) is 10.0. The lowest BCUT2D eigenvalue weighted by Gasteiger charge is -2.51. The van der Waals surface area contributed by atoms with Crippen molar-refractivity contribution in [2.45, 2.75) is 58.2 Å². The largest absolute Gasteiger partial charge is 0.298 e. The van der Waals surface area contributed by atoms with Gasteiger partial charge in [0.05, 0.1) is 5.75 Å². The summed E-state index contributed by atoms with van der Waals surface area (Å²) in [5.41, 5.74) is 0. The Kier molecular flexibility index (Phi) is 5.14. The lowest BCUT2D eigenvalue weighted by atomic mass is 9.91. The fourth-order valence-corrected chi connectivity index (χ4v) is 4.93. The minimum atomic E-state index is -2.91. The second kappa shape index (κ2) is 6.32. The molecule has 0 N–H and O–H groups in total. The van der Waals surface area contributed by atoms with Crippen molar-refractivity contribution in [2.75, 3.05) is 31.6 Å². The normalized spacial score (nSPS) is 31.2. The van der Waals surface area contributed by atoms with Crippen molar-refractivity contribution in [3.05, 3.63) is 0 Å². The summed E-state index contributed by atoms with van der Waals surface area (Å²) in [5.74, 6) is 0.850. The van der Waals surface area contributed by atoms with Crippen molar-refractivity contribution in [3.8, 4) is 0 Å². The smallest absolute Gasteiger partial charge is 0.148 e. The molecule has 4 nitrogen and oxygen atoms in total. The highest BCUT2D eigenvalue weighted by atomic mass is 32.2. The molecular formula is C15H30N2O2S. The molecule has 0 aromatic heterocycles. The molecule has 20 heavy (non-hydrogen) atoms. The van der Waals surface area contributed by atoms with E-state index in [1.54, 1.807) is 0 Å². The molecule has 0 spiro atoms. The van der Waals surface area contributed by atoms with Crippen LogP contribution in [0.3, 0.4) is 0 Å². The fourth-order valence-electron chi connectivity index (χ4n) is 3.87. The van der Waals surface area contributed by atoms with E-state index in [9.17, 15) is 8.42 Å². The molecule has 2 saturated heterocycles. The van der Waals surface area contributed by atoms with Crippen LogP contribution in [0.4, 0.5) is 0 Å². The van der Waals surface area contributed by atoms with E-state index in [0.29, 0.717) is 18.0 Å². The van der Waals surface area contributed by atoms with Gasteiger partial charge < -0.3 is 0 Å². The van der Waals surface area contributed by atoms with Gasteiger partial charge >= 0.3 is 0 Å². The first-order chi connectivity index (χ1) is 9.28. The lowest BCUT2D eigenvalue weighted by molar-refractivity contribution is -0.0222. The van der Waals surface area contributed by atoms with Crippen molar-refractivity contribution in [3.63, 3.8) is 0 Å². The molecule has 0 aromatic carbocycles. The third-order valence-electron chi connectivity index (χ3n) is 4.90. The van der Waals surface area contributed by atoms with Gasteiger partial charge in [-0.15, -0.1) is 0 Å². The van der Waals surface area contributed by atoms with Crippen LogP contribution in [0.15, 0.2) is 0 Å². The van der Waals surface area contributed by atoms with E-state index in [4.69, 9.17) is 0 Å². The van der Waals surface area contributed by atoms with Gasteiger partial charge in [-0.2, -0.15) is 0 Å². The van der Waals surface area contributed by atoms with E-state index in [0.717, 1.165) is 13.1 Å². The average molecular weight is 302 g/mol. The highest BCUT2D eigenvalue weighted by Crippen LogP contribution is 2.28. The van der Waals surface area contributed by atoms with Crippen LogP contribution in [-0.2, 0) is 9.84 Å². The Bertz CT molecular complexity index is 422. The Hall–Kier alpha value is -0.130. The zero-order valence-corrected chi connectivity index (χ0v) is 14.2. The number of hydrogen-bond donors (Lipinski definition) is 0. The number of nitrogens with zero attached hydrogens (tertiary/aromatic N) is 2. The quantitative estimate of drug-likeness (QED) is 0.791. The maximum Gasteiger partial charge on any atom is 0.148 e.